The molecule has 1 atom stereocenters. The monoisotopic (exact) mass is 535 g/mol. The maximum absolute atomic E-state index is 12.9. The van der Waals surface area contributed by atoms with Crippen LogP contribution >= 0.6 is 0 Å². The highest BCUT2D eigenvalue weighted by molar-refractivity contribution is 5.91. The zero-order valence-corrected chi connectivity index (χ0v) is 21.9. The van der Waals surface area contributed by atoms with E-state index >= 15 is 0 Å². The minimum absolute atomic E-state index is 0.0386. The number of carboxylic acid groups (broad SMARTS) is 1. The number of aliphatic hydroxyl groups is 1. The Morgan fingerprint density at radius 2 is 1.70 bits per heavy atom. The molecule has 4 N–H and O–H groups in total. The predicted octanol–water partition coefficient (Wildman–Crippen LogP) is 4.90. The number of carbonyl (C=O) groups excluding carboxylic acids is 1. The summed E-state index contributed by atoms with van der Waals surface area (Å²) in [6, 6.07) is 28.5. The minimum atomic E-state index is -1.19. The van der Waals surface area contributed by atoms with E-state index in [9.17, 15) is 25.1 Å². The fourth-order valence-corrected chi connectivity index (χ4v) is 4.25. The number of aliphatic carboxylic acids is 1. The molecule has 0 bridgehead atoms. The third-order valence-corrected chi connectivity index (χ3v) is 6.53. The van der Waals surface area contributed by atoms with Crippen molar-refractivity contribution in [1.29, 1.82) is 5.26 Å². The SMILES string of the molecule is Cc1c(CNc2ccc(CN[C@H](CO)C(=O)O)c(OC(=O)c3cccc(C#N)c3)c2)cccc1-c1ccccc1. The van der Waals surface area contributed by atoms with Crippen molar-refractivity contribution < 1.29 is 24.5 Å². The maximum atomic E-state index is 12.9. The molecule has 0 saturated carbocycles. The highest BCUT2D eigenvalue weighted by atomic mass is 16.5. The van der Waals surface area contributed by atoms with E-state index in [4.69, 9.17) is 4.74 Å². The number of aliphatic hydroxyl groups excluding tert-OH is 1. The highest BCUT2D eigenvalue weighted by Gasteiger charge is 2.18. The van der Waals surface area contributed by atoms with Crippen LogP contribution in [0.4, 0.5) is 5.69 Å². The Bertz CT molecular complexity index is 1550. The number of carboxylic acids is 1. The number of benzene rings is 4. The Hall–Kier alpha value is -4.97. The summed E-state index contributed by atoms with van der Waals surface area (Å²) in [5, 5.41) is 33.9. The van der Waals surface area contributed by atoms with E-state index in [2.05, 4.69) is 41.8 Å². The van der Waals surface area contributed by atoms with Crippen molar-refractivity contribution >= 4 is 17.6 Å². The van der Waals surface area contributed by atoms with Gasteiger partial charge in [0.2, 0.25) is 0 Å². The molecule has 0 unspecified atom stereocenters. The van der Waals surface area contributed by atoms with Gasteiger partial charge < -0.3 is 20.3 Å². The van der Waals surface area contributed by atoms with Crippen LogP contribution in [0.1, 0.15) is 32.6 Å². The fraction of sp³-hybridized carbons (Fsp3) is 0.156. The summed E-state index contributed by atoms with van der Waals surface area (Å²) < 4.78 is 5.71. The van der Waals surface area contributed by atoms with Gasteiger partial charge in [0.15, 0.2) is 0 Å². The van der Waals surface area contributed by atoms with Gasteiger partial charge in [-0.1, -0.05) is 60.7 Å². The van der Waals surface area contributed by atoms with Gasteiger partial charge >= 0.3 is 11.9 Å². The molecular formula is C32H29N3O5. The number of ether oxygens (including phenoxy) is 1. The molecule has 4 aromatic carbocycles. The summed E-state index contributed by atoms with van der Waals surface area (Å²) in [7, 11) is 0. The molecule has 4 aromatic rings. The van der Waals surface area contributed by atoms with E-state index in [1.807, 2.05) is 36.4 Å². The van der Waals surface area contributed by atoms with Gasteiger partial charge in [-0.3, -0.25) is 10.1 Å². The van der Waals surface area contributed by atoms with E-state index in [-0.39, 0.29) is 17.9 Å². The molecule has 0 amide bonds. The number of hydrogen-bond donors (Lipinski definition) is 4. The van der Waals surface area contributed by atoms with Gasteiger partial charge in [-0.25, -0.2) is 4.79 Å². The third-order valence-electron chi connectivity index (χ3n) is 6.53. The van der Waals surface area contributed by atoms with Crippen LogP contribution in [0.3, 0.4) is 0 Å². The first kappa shape index (κ1) is 28.0. The molecule has 0 aromatic heterocycles. The minimum Gasteiger partial charge on any atom is -0.480 e. The third kappa shape index (κ3) is 6.91. The molecule has 0 spiro atoms. The summed E-state index contributed by atoms with van der Waals surface area (Å²) in [6.45, 7) is 2.05. The molecule has 4 rings (SSSR count). The van der Waals surface area contributed by atoms with Crippen LogP contribution in [-0.4, -0.2) is 34.8 Å². The summed E-state index contributed by atoms with van der Waals surface area (Å²) >= 11 is 0. The molecule has 0 aliphatic carbocycles. The number of nitriles is 1. The molecule has 0 aliphatic heterocycles. The second kappa shape index (κ2) is 13.2. The van der Waals surface area contributed by atoms with E-state index in [1.54, 1.807) is 30.3 Å². The quantitative estimate of drug-likeness (QED) is 0.158. The lowest BCUT2D eigenvalue weighted by atomic mass is 9.96. The molecule has 0 radical (unpaired) electrons. The second-order valence-corrected chi connectivity index (χ2v) is 9.17. The van der Waals surface area contributed by atoms with E-state index in [1.165, 1.54) is 6.07 Å². The number of nitrogens with one attached hydrogen (secondary N) is 2. The lowest BCUT2D eigenvalue weighted by Gasteiger charge is -2.17. The fourth-order valence-electron chi connectivity index (χ4n) is 4.25. The van der Waals surface area contributed by atoms with Gasteiger partial charge in [0.25, 0.3) is 0 Å². The number of esters is 1. The molecule has 202 valence electrons. The maximum Gasteiger partial charge on any atom is 0.343 e. The van der Waals surface area contributed by atoms with E-state index < -0.39 is 24.6 Å². The molecule has 40 heavy (non-hydrogen) atoms. The van der Waals surface area contributed by atoms with Crippen molar-refractivity contribution in [3.05, 3.63) is 119 Å². The average Bonchev–Trinajstić information content (AvgIpc) is 2.98. The number of carbonyl (C=O) groups is 2. The largest absolute Gasteiger partial charge is 0.480 e. The van der Waals surface area contributed by atoms with Crippen molar-refractivity contribution in [1.82, 2.24) is 5.32 Å². The van der Waals surface area contributed by atoms with Crippen LogP contribution in [0.25, 0.3) is 11.1 Å². The predicted molar refractivity (Wildman–Crippen MR) is 152 cm³/mol. The molecular weight excluding hydrogens is 506 g/mol. The zero-order valence-electron chi connectivity index (χ0n) is 21.9. The lowest BCUT2D eigenvalue weighted by Crippen LogP contribution is -2.39. The number of hydrogen-bond acceptors (Lipinski definition) is 7. The zero-order chi connectivity index (χ0) is 28.5. The Kier molecular flexibility index (Phi) is 9.26. The van der Waals surface area contributed by atoms with Crippen LogP contribution in [-0.2, 0) is 17.9 Å². The first-order valence-corrected chi connectivity index (χ1v) is 12.7. The second-order valence-electron chi connectivity index (χ2n) is 9.17. The summed E-state index contributed by atoms with van der Waals surface area (Å²) in [6.07, 6.45) is 0. The Morgan fingerprint density at radius 1 is 0.925 bits per heavy atom. The van der Waals surface area contributed by atoms with Crippen LogP contribution < -0.4 is 15.4 Å². The molecule has 0 saturated heterocycles. The van der Waals surface area contributed by atoms with Crippen molar-refractivity contribution in [2.45, 2.75) is 26.1 Å². The van der Waals surface area contributed by atoms with Gasteiger partial charge in [-0.2, -0.15) is 5.26 Å². The standard InChI is InChI=1S/C32H29N3O5/c1-21-25(11-6-12-28(21)23-8-3-2-4-9-23)18-34-27-14-13-26(19-35-29(20-36)31(37)38)30(16-27)40-32(39)24-10-5-7-22(15-24)17-33/h2-16,29,34-36H,18-20H2,1H3,(H,37,38)/t29-/m1/s1. The highest BCUT2D eigenvalue weighted by Crippen LogP contribution is 2.28. The topological polar surface area (TPSA) is 132 Å². The molecule has 0 heterocycles. The Morgan fingerprint density at radius 3 is 2.42 bits per heavy atom. The van der Waals surface area contributed by atoms with Crippen LogP contribution in [0.5, 0.6) is 5.75 Å². The van der Waals surface area contributed by atoms with Gasteiger partial charge in [-0.05, 0) is 53.4 Å². The molecule has 8 nitrogen and oxygen atoms in total. The molecule has 0 aliphatic rings. The van der Waals surface area contributed by atoms with Crippen molar-refractivity contribution in [3.63, 3.8) is 0 Å². The summed E-state index contributed by atoms with van der Waals surface area (Å²) in [5.74, 6) is -1.62. The van der Waals surface area contributed by atoms with Crippen molar-refractivity contribution in [3.8, 4) is 22.9 Å². The Balaban J connectivity index is 1.57. The number of anilines is 1. The number of nitrogens with zero attached hydrogens (tertiary/aromatic N) is 1. The van der Waals surface area contributed by atoms with Crippen LogP contribution in [0, 0.1) is 18.3 Å². The first-order valence-electron chi connectivity index (χ1n) is 12.7. The first-order chi connectivity index (χ1) is 19.4. The normalized spacial score (nSPS) is 11.3. The average molecular weight is 536 g/mol. The number of rotatable bonds is 11. The van der Waals surface area contributed by atoms with Crippen molar-refractivity contribution in [2.75, 3.05) is 11.9 Å². The molecule has 8 heteroatoms. The molecule has 0 fully saturated rings. The van der Waals surface area contributed by atoms with Crippen LogP contribution in [0.2, 0.25) is 0 Å². The Labute approximate surface area is 232 Å². The van der Waals surface area contributed by atoms with E-state index in [0.717, 1.165) is 22.3 Å². The summed E-state index contributed by atoms with van der Waals surface area (Å²) in [5.41, 5.74) is 6.29. The van der Waals surface area contributed by atoms with Crippen molar-refractivity contribution in [2.24, 2.45) is 0 Å². The van der Waals surface area contributed by atoms with E-state index in [0.29, 0.717) is 23.4 Å². The van der Waals surface area contributed by atoms with Gasteiger partial charge in [-0.15, -0.1) is 0 Å². The van der Waals surface area contributed by atoms with Crippen LogP contribution in [0.15, 0.2) is 91.0 Å². The van der Waals surface area contributed by atoms with Gasteiger partial charge in [0.1, 0.15) is 11.8 Å². The summed E-state index contributed by atoms with van der Waals surface area (Å²) in [4.78, 5) is 24.3. The smallest absolute Gasteiger partial charge is 0.343 e. The van der Waals surface area contributed by atoms with Gasteiger partial charge in [0.05, 0.1) is 23.8 Å². The van der Waals surface area contributed by atoms with Gasteiger partial charge in [0, 0.05) is 30.4 Å². The lowest BCUT2D eigenvalue weighted by molar-refractivity contribution is -0.140.